The van der Waals surface area contributed by atoms with Crippen LogP contribution in [0.25, 0.3) is 0 Å². The summed E-state index contributed by atoms with van der Waals surface area (Å²) in [6.45, 7) is 2.42. The van der Waals surface area contributed by atoms with Crippen LogP contribution >= 0.6 is 0 Å². The minimum atomic E-state index is -0.303. The molecular formula is C20H25N3O3. The number of hydrogen-bond acceptors (Lipinski definition) is 4. The van der Waals surface area contributed by atoms with Crippen molar-refractivity contribution in [2.24, 2.45) is 5.41 Å². The topological polar surface area (TPSA) is 65.4 Å². The van der Waals surface area contributed by atoms with Crippen LogP contribution in [-0.2, 0) is 27.4 Å². The molecule has 0 unspecified atom stereocenters. The van der Waals surface area contributed by atoms with Gasteiger partial charge < -0.3 is 19.4 Å². The number of rotatable bonds is 7. The lowest BCUT2D eigenvalue weighted by atomic mass is 10.0. The molecule has 1 saturated carbocycles. The van der Waals surface area contributed by atoms with Crippen LogP contribution in [0.2, 0.25) is 0 Å². The van der Waals surface area contributed by atoms with Crippen molar-refractivity contribution in [2.75, 3.05) is 13.2 Å². The van der Waals surface area contributed by atoms with E-state index in [0.29, 0.717) is 26.4 Å². The van der Waals surface area contributed by atoms with Crippen LogP contribution in [0.1, 0.15) is 24.8 Å². The molecule has 1 saturated heterocycles. The lowest BCUT2D eigenvalue weighted by Crippen LogP contribution is -2.52. The Morgan fingerprint density at radius 1 is 1.35 bits per heavy atom. The third kappa shape index (κ3) is 3.97. The molecule has 1 amide bonds. The zero-order valence-corrected chi connectivity index (χ0v) is 14.8. The maximum Gasteiger partial charge on any atom is 0.228 e. The third-order valence-corrected chi connectivity index (χ3v) is 5.30. The number of nitrogens with one attached hydrogen (secondary N) is 1. The number of amides is 1. The van der Waals surface area contributed by atoms with Crippen LogP contribution in [0, 0.1) is 5.41 Å². The van der Waals surface area contributed by atoms with Crippen molar-refractivity contribution in [2.45, 2.75) is 44.6 Å². The van der Waals surface area contributed by atoms with Crippen molar-refractivity contribution < 1.29 is 14.3 Å². The van der Waals surface area contributed by atoms with Gasteiger partial charge in [0.15, 0.2) is 0 Å². The maximum absolute atomic E-state index is 12.9. The summed E-state index contributed by atoms with van der Waals surface area (Å²) in [6.07, 6.45) is 8.03. The molecule has 6 heteroatoms. The van der Waals surface area contributed by atoms with Gasteiger partial charge in [0, 0.05) is 25.5 Å². The predicted octanol–water partition coefficient (Wildman–Crippen LogP) is 2.15. The molecule has 0 bridgehead atoms. The summed E-state index contributed by atoms with van der Waals surface area (Å²) in [5, 5.41) is 3.20. The van der Waals surface area contributed by atoms with E-state index >= 15 is 0 Å². The Balaban J connectivity index is 1.35. The smallest absolute Gasteiger partial charge is 0.228 e. The molecular weight excluding hydrogens is 330 g/mol. The maximum atomic E-state index is 12.9. The Morgan fingerprint density at radius 2 is 2.19 bits per heavy atom. The van der Waals surface area contributed by atoms with E-state index in [1.807, 2.05) is 29.0 Å². The quantitative estimate of drug-likeness (QED) is 0.827. The van der Waals surface area contributed by atoms with Gasteiger partial charge in [-0.15, -0.1) is 0 Å². The molecule has 2 atom stereocenters. The van der Waals surface area contributed by atoms with Gasteiger partial charge in [0.05, 0.1) is 37.1 Å². The van der Waals surface area contributed by atoms with Crippen molar-refractivity contribution >= 4 is 5.91 Å². The minimum absolute atomic E-state index is 0.0167. The molecule has 6 nitrogen and oxygen atoms in total. The van der Waals surface area contributed by atoms with Crippen LogP contribution in [0.4, 0.5) is 0 Å². The number of imidazole rings is 1. The number of hydrogen-bond donors (Lipinski definition) is 1. The normalized spacial score (nSPS) is 24.2. The first kappa shape index (κ1) is 17.2. The Kier molecular flexibility index (Phi) is 5.04. The number of carbonyl (C=O) groups excluding carboxylic acids is 1. The Hall–Kier alpha value is -2.18. The monoisotopic (exact) mass is 355 g/mol. The van der Waals surface area contributed by atoms with E-state index in [0.717, 1.165) is 24.8 Å². The molecule has 26 heavy (non-hydrogen) atoms. The number of aromatic nitrogens is 2. The van der Waals surface area contributed by atoms with Gasteiger partial charge >= 0.3 is 0 Å². The van der Waals surface area contributed by atoms with Crippen molar-refractivity contribution in [1.82, 2.24) is 14.9 Å². The van der Waals surface area contributed by atoms with Crippen LogP contribution < -0.4 is 5.32 Å². The zero-order valence-electron chi connectivity index (χ0n) is 14.8. The van der Waals surface area contributed by atoms with E-state index in [2.05, 4.69) is 22.4 Å². The van der Waals surface area contributed by atoms with Gasteiger partial charge in [-0.1, -0.05) is 30.3 Å². The first-order valence-electron chi connectivity index (χ1n) is 9.25. The summed E-state index contributed by atoms with van der Waals surface area (Å²) in [4.78, 5) is 17.0. The van der Waals surface area contributed by atoms with Crippen molar-refractivity contribution in [3.05, 3.63) is 54.6 Å². The van der Waals surface area contributed by atoms with E-state index in [4.69, 9.17) is 9.47 Å². The Bertz CT molecular complexity index is 713. The molecule has 1 aromatic heterocycles. The highest BCUT2D eigenvalue weighted by Crippen LogP contribution is 2.47. The van der Waals surface area contributed by atoms with E-state index in [1.54, 1.807) is 12.5 Å². The number of carbonyl (C=O) groups is 1. The molecule has 2 heterocycles. The van der Waals surface area contributed by atoms with Crippen LogP contribution in [0.3, 0.4) is 0 Å². The molecule has 2 aliphatic rings. The highest BCUT2D eigenvalue weighted by Gasteiger charge is 2.51. The predicted molar refractivity (Wildman–Crippen MR) is 96.3 cm³/mol. The summed E-state index contributed by atoms with van der Waals surface area (Å²) >= 11 is 0. The molecule has 1 aliphatic heterocycles. The highest BCUT2D eigenvalue weighted by atomic mass is 16.5. The second-order valence-electron chi connectivity index (χ2n) is 7.29. The van der Waals surface area contributed by atoms with Crippen molar-refractivity contribution in [3.63, 3.8) is 0 Å². The molecule has 1 aliphatic carbocycles. The van der Waals surface area contributed by atoms with Gasteiger partial charge in [-0.25, -0.2) is 4.98 Å². The average Bonchev–Trinajstić information content (AvgIpc) is 3.28. The van der Waals surface area contributed by atoms with E-state index in [9.17, 15) is 4.79 Å². The van der Waals surface area contributed by atoms with E-state index in [1.165, 1.54) is 0 Å². The van der Waals surface area contributed by atoms with Crippen LogP contribution in [-0.4, -0.2) is 40.8 Å². The third-order valence-electron chi connectivity index (χ3n) is 5.30. The molecule has 0 spiro atoms. The lowest BCUT2D eigenvalue weighted by Gasteiger charge is -2.33. The van der Waals surface area contributed by atoms with Gasteiger partial charge in [-0.2, -0.15) is 0 Å². The summed E-state index contributed by atoms with van der Waals surface area (Å²) in [5.74, 6) is 0.106. The summed E-state index contributed by atoms with van der Waals surface area (Å²) in [6, 6.07) is 10.0. The Labute approximate surface area is 153 Å². The second kappa shape index (κ2) is 7.60. The summed E-state index contributed by atoms with van der Waals surface area (Å²) in [5.41, 5.74) is 0.838. The van der Waals surface area contributed by atoms with Gasteiger partial charge in [0.2, 0.25) is 5.91 Å². The van der Waals surface area contributed by atoms with Gasteiger partial charge in [0.25, 0.3) is 0 Å². The van der Waals surface area contributed by atoms with Gasteiger partial charge in [0.1, 0.15) is 0 Å². The van der Waals surface area contributed by atoms with Crippen LogP contribution in [0.5, 0.6) is 0 Å². The SMILES string of the molecule is O=C(N[C@@H]1COCC[C@@H]1OCc1ccccc1)C1(Cn2ccnc2)CC1. The van der Waals surface area contributed by atoms with Gasteiger partial charge in [-0.05, 0) is 24.8 Å². The molecule has 2 aromatic rings. The van der Waals surface area contributed by atoms with Crippen molar-refractivity contribution in [1.29, 1.82) is 0 Å². The van der Waals surface area contributed by atoms with Gasteiger partial charge in [-0.3, -0.25) is 4.79 Å². The fourth-order valence-corrected chi connectivity index (χ4v) is 3.49. The van der Waals surface area contributed by atoms with E-state index < -0.39 is 0 Å². The minimum Gasteiger partial charge on any atom is -0.379 e. The first-order chi connectivity index (χ1) is 12.8. The second-order valence-corrected chi connectivity index (χ2v) is 7.29. The standard InChI is InChI=1S/C20H25N3O3/c24-19(20(7-8-20)14-23-10-9-21-15-23)22-17-13-25-11-6-18(17)26-12-16-4-2-1-3-5-16/h1-5,9-10,15,17-18H,6-8,11-14H2,(H,22,24)/t17-,18+/m1/s1. The fraction of sp³-hybridized carbons (Fsp3) is 0.500. The molecule has 138 valence electrons. The number of benzene rings is 1. The van der Waals surface area contributed by atoms with E-state index in [-0.39, 0.29) is 23.5 Å². The zero-order chi connectivity index (χ0) is 17.8. The summed E-state index contributed by atoms with van der Waals surface area (Å²) in [7, 11) is 0. The van der Waals surface area contributed by atoms with Crippen molar-refractivity contribution in [3.8, 4) is 0 Å². The van der Waals surface area contributed by atoms with Crippen LogP contribution in [0.15, 0.2) is 49.1 Å². The molecule has 0 radical (unpaired) electrons. The Morgan fingerprint density at radius 3 is 2.92 bits per heavy atom. The first-order valence-corrected chi connectivity index (χ1v) is 9.25. The molecule has 4 rings (SSSR count). The summed E-state index contributed by atoms with van der Waals surface area (Å²) < 4.78 is 13.7. The highest BCUT2D eigenvalue weighted by molar-refractivity contribution is 5.85. The molecule has 2 fully saturated rings. The number of ether oxygens (including phenoxy) is 2. The molecule has 1 N–H and O–H groups in total. The number of nitrogens with zero attached hydrogens (tertiary/aromatic N) is 2. The largest absolute Gasteiger partial charge is 0.379 e. The molecule has 1 aromatic carbocycles. The lowest BCUT2D eigenvalue weighted by molar-refractivity contribution is -0.132. The average molecular weight is 355 g/mol. The fourth-order valence-electron chi connectivity index (χ4n) is 3.49.